The molecule has 394 valence electrons. The lowest BCUT2D eigenvalue weighted by Gasteiger charge is -2.25. The minimum atomic E-state index is -1.27. The molecule has 11 rings (SSSR count). The topological polar surface area (TPSA) is 249 Å². The average molecular weight is 1050 g/mol. The molecule has 6 N–H and O–H groups in total. The predicted octanol–water partition coefficient (Wildman–Crippen LogP) is 6.63. The van der Waals surface area contributed by atoms with Gasteiger partial charge in [0.1, 0.15) is 24.2 Å². The second-order valence-electron chi connectivity index (χ2n) is 20.1. The predicted molar refractivity (Wildman–Crippen MR) is 290 cm³/mol. The first-order valence-corrected chi connectivity index (χ1v) is 25.9. The number of Topliss-reactive ketones (excluding diaryl/α,β-unsaturated/α-hetero) is 2. The molecule has 2 aliphatic heterocycles. The Morgan fingerprint density at radius 1 is 0.500 bits per heavy atom. The molecule has 18 heteroatoms. The van der Waals surface area contributed by atoms with E-state index in [1.54, 1.807) is 49.1 Å². The van der Waals surface area contributed by atoms with Gasteiger partial charge >= 0.3 is 11.9 Å². The highest BCUT2D eigenvalue weighted by Gasteiger charge is 2.41. The second kappa shape index (κ2) is 21.2. The van der Waals surface area contributed by atoms with Gasteiger partial charge in [0.2, 0.25) is 11.8 Å². The number of aliphatic carboxylic acids is 2. The Hall–Kier alpha value is -9.58. The number of likely N-dealkylation sites (tertiary alicyclic amines) is 2. The number of nitrogens with one attached hydrogen (secondary N) is 4. The number of hydrogen-bond donors (Lipinski definition) is 6. The molecular formula is C60H54N8O10. The van der Waals surface area contributed by atoms with Crippen LogP contribution in [0.5, 0.6) is 0 Å². The smallest absolute Gasteiger partial charge is 0.326 e. The van der Waals surface area contributed by atoms with Crippen LogP contribution in [-0.4, -0.2) is 124 Å². The maximum absolute atomic E-state index is 14.2. The number of amides is 4. The summed E-state index contributed by atoms with van der Waals surface area (Å²) in [4.78, 5) is 117. The zero-order chi connectivity index (χ0) is 54.2. The van der Waals surface area contributed by atoms with E-state index in [1.807, 2.05) is 106 Å². The lowest BCUT2D eigenvalue weighted by atomic mass is 10.0. The van der Waals surface area contributed by atoms with Crippen LogP contribution in [0.3, 0.4) is 0 Å². The molecule has 4 aromatic heterocycles. The SMILES string of the molecule is O=C(C(=O)N1CCCC1C(=O)N[C@@H](Cc1c[nH]c2ccccc12)C(=O)O)c1cn(Cc2ccc(Cn3cc(C(=O)C(=O)N4CCC[C@H]4C(=O)N[C@@H](Cc4c[nH]c5ccccc45)C(=O)O)c4ccccc43)cc2)c2ccccc12. The Labute approximate surface area is 445 Å². The summed E-state index contributed by atoms with van der Waals surface area (Å²) in [5, 5.41) is 28.3. The second-order valence-corrected chi connectivity index (χ2v) is 20.1. The molecule has 5 aromatic carbocycles. The van der Waals surface area contributed by atoms with Crippen LogP contribution in [-0.2, 0) is 54.7 Å². The molecule has 6 heterocycles. The monoisotopic (exact) mass is 1050 g/mol. The third-order valence-electron chi connectivity index (χ3n) is 15.2. The highest BCUT2D eigenvalue weighted by molar-refractivity contribution is 6.46. The first-order valence-electron chi connectivity index (χ1n) is 25.9. The van der Waals surface area contributed by atoms with Gasteiger partial charge < -0.3 is 49.7 Å². The molecule has 0 bridgehead atoms. The van der Waals surface area contributed by atoms with E-state index in [0.717, 1.165) is 44.1 Å². The number of carbonyl (C=O) groups excluding carboxylic acids is 6. The molecule has 4 atom stereocenters. The van der Waals surface area contributed by atoms with Gasteiger partial charge in [0.05, 0.1) is 11.1 Å². The Balaban J connectivity index is 0.750. The molecule has 0 aliphatic carbocycles. The van der Waals surface area contributed by atoms with Gasteiger partial charge in [-0.05, 0) is 72.2 Å². The van der Waals surface area contributed by atoms with Crippen LogP contribution in [0, 0.1) is 0 Å². The quantitative estimate of drug-likeness (QED) is 0.0396. The van der Waals surface area contributed by atoms with Crippen molar-refractivity contribution in [2.45, 2.75) is 75.8 Å². The summed E-state index contributed by atoms with van der Waals surface area (Å²) in [7, 11) is 0. The van der Waals surface area contributed by atoms with Crippen molar-refractivity contribution >= 4 is 90.7 Å². The number of carboxylic acids is 2. The summed E-state index contributed by atoms with van der Waals surface area (Å²) in [6.07, 6.45) is 8.24. The molecule has 0 spiro atoms. The van der Waals surface area contributed by atoms with E-state index in [4.69, 9.17) is 0 Å². The first kappa shape index (κ1) is 50.6. The lowest BCUT2D eigenvalue weighted by molar-refractivity contribution is -0.143. The standard InChI is InChI=1S/C60H54N8O10/c69-53(57(73)67-25-9-19-51(67)55(71)63-47(59(75)76)27-37-29-61-45-15-5-1-11-39(37)45)43-33-65(49-17-7-3-13-41(43)49)31-35-21-23-36(24-22-35)32-66-34-44(42-14-4-8-18-50(42)66)54(70)58(74)68-26-10-20-52(68)56(72)64-48(60(77)78)28-38-30-62-46-16-6-2-12-40(38)46/h1-8,11-18,21-24,29-30,33-34,47-48,51-52,61-62H,9-10,19-20,25-28,31-32H2,(H,63,71)(H,64,72)(H,75,76)(H,77,78)/t47-,48-,51-,52?/m0/s1. The maximum atomic E-state index is 14.2. The number of carbonyl (C=O) groups is 8. The number of nitrogens with zero attached hydrogens (tertiary/aromatic N) is 4. The summed E-state index contributed by atoms with van der Waals surface area (Å²) >= 11 is 0. The van der Waals surface area contributed by atoms with Gasteiger partial charge in [-0.25, -0.2) is 9.59 Å². The molecule has 18 nitrogen and oxygen atoms in total. The summed E-state index contributed by atoms with van der Waals surface area (Å²) in [5.74, 6) is -6.96. The highest BCUT2D eigenvalue weighted by Crippen LogP contribution is 2.29. The van der Waals surface area contributed by atoms with Crippen LogP contribution in [0.25, 0.3) is 43.6 Å². The zero-order valence-electron chi connectivity index (χ0n) is 42.2. The molecule has 4 amide bonds. The number of rotatable bonds is 18. The minimum absolute atomic E-state index is 0.0185. The van der Waals surface area contributed by atoms with Crippen LogP contribution in [0.15, 0.2) is 146 Å². The van der Waals surface area contributed by atoms with E-state index in [2.05, 4.69) is 20.6 Å². The number of fused-ring (bicyclic) bond motifs is 4. The fraction of sp³-hybridized carbons (Fsp3) is 0.233. The number of carboxylic acid groups (broad SMARTS) is 2. The van der Waals surface area contributed by atoms with Gasteiger partial charge in [-0.15, -0.1) is 0 Å². The van der Waals surface area contributed by atoms with Crippen LogP contribution in [0.4, 0.5) is 0 Å². The summed E-state index contributed by atoms with van der Waals surface area (Å²) in [6, 6.07) is 32.6. The number of ketones is 2. The zero-order valence-corrected chi connectivity index (χ0v) is 42.2. The normalized spacial score (nSPS) is 16.2. The molecule has 2 saturated heterocycles. The third kappa shape index (κ3) is 9.79. The van der Waals surface area contributed by atoms with Crippen LogP contribution < -0.4 is 10.6 Å². The van der Waals surface area contributed by atoms with E-state index in [1.165, 1.54) is 9.80 Å². The van der Waals surface area contributed by atoms with E-state index >= 15 is 0 Å². The number of hydrogen-bond acceptors (Lipinski definition) is 8. The fourth-order valence-corrected chi connectivity index (χ4v) is 11.3. The number of aromatic nitrogens is 4. The minimum Gasteiger partial charge on any atom is -0.480 e. The Morgan fingerprint density at radius 3 is 1.27 bits per heavy atom. The van der Waals surface area contributed by atoms with Gasteiger partial charge in [0.15, 0.2) is 0 Å². The van der Waals surface area contributed by atoms with Gasteiger partial charge in [-0.2, -0.15) is 0 Å². The van der Waals surface area contributed by atoms with Crippen molar-refractivity contribution in [2.75, 3.05) is 13.1 Å². The van der Waals surface area contributed by atoms with E-state index in [-0.39, 0.29) is 49.9 Å². The Bertz CT molecular complexity index is 3620. The van der Waals surface area contributed by atoms with E-state index < -0.39 is 71.3 Å². The lowest BCUT2D eigenvalue weighted by Crippen LogP contribution is -2.52. The maximum Gasteiger partial charge on any atom is 0.326 e. The van der Waals surface area contributed by atoms with Crippen LogP contribution in [0.2, 0.25) is 0 Å². The number of aromatic amines is 2. The van der Waals surface area contributed by atoms with Crippen molar-refractivity contribution in [3.8, 4) is 0 Å². The van der Waals surface area contributed by atoms with Crippen molar-refractivity contribution in [3.05, 3.63) is 179 Å². The van der Waals surface area contributed by atoms with E-state index in [0.29, 0.717) is 47.7 Å². The molecule has 2 aliphatic rings. The highest BCUT2D eigenvalue weighted by atomic mass is 16.4. The summed E-state index contributed by atoms with van der Waals surface area (Å²) < 4.78 is 3.78. The molecule has 78 heavy (non-hydrogen) atoms. The average Bonchev–Trinajstić information content (AvgIpc) is 4.36. The third-order valence-corrected chi connectivity index (χ3v) is 15.2. The molecule has 9 aromatic rings. The van der Waals surface area contributed by atoms with Gasteiger partial charge in [-0.3, -0.25) is 28.8 Å². The number of para-hydroxylation sites is 4. The molecule has 0 radical (unpaired) electrons. The fourth-order valence-electron chi connectivity index (χ4n) is 11.3. The Morgan fingerprint density at radius 2 is 0.872 bits per heavy atom. The van der Waals surface area contributed by atoms with E-state index in [9.17, 15) is 48.6 Å². The largest absolute Gasteiger partial charge is 0.480 e. The molecule has 1 unspecified atom stereocenters. The van der Waals surface area contributed by atoms with Crippen molar-refractivity contribution < 1.29 is 48.6 Å². The number of benzene rings is 5. The molecular weight excluding hydrogens is 993 g/mol. The number of H-pyrrole nitrogens is 2. The summed E-state index contributed by atoms with van der Waals surface area (Å²) in [5.41, 5.74) is 6.68. The Kier molecular flexibility index (Phi) is 13.8. The first-order chi connectivity index (χ1) is 37.8. The van der Waals surface area contributed by atoms with Crippen molar-refractivity contribution in [2.24, 2.45) is 0 Å². The van der Waals surface area contributed by atoms with Gasteiger partial charge in [0, 0.05) is 107 Å². The van der Waals surface area contributed by atoms with Crippen LogP contribution >= 0.6 is 0 Å². The van der Waals surface area contributed by atoms with Crippen LogP contribution in [0.1, 0.15) is 68.7 Å². The molecule has 0 saturated carbocycles. The van der Waals surface area contributed by atoms with Gasteiger partial charge in [0.25, 0.3) is 23.4 Å². The molecule has 2 fully saturated rings. The summed E-state index contributed by atoms with van der Waals surface area (Å²) in [6.45, 7) is 1.00. The van der Waals surface area contributed by atoms with Crippen molar-refractivity contribution in [1.29, 1.82) is 0 Å². The van der Waals surface area contributed by atoms with Crippen molar-refractivity contribution in [3.63, 3.8) is 0 Å². The van der Waals surface area contributed by atoms with Crippen molar-refractivity contribution in [1.82, 2.24) is 39.5 Å². The van der Waals surface area contributed by atoms with Gasteiger partial charge in [-0.1, -0.05) is 97.1 Å².